The summed E-state index contributed by atoms with van der Waals surface area (Å²) in [5.74, 6) is -1.24. The van der Waals surface area contributed by atoms with E-state index in [1.165, 1.54) is 0 Å². The molecule has 8 heteroatoms. The van der Waals surface area contributed by atoms with Crippen LogP contribution in [0, 0.1) is 5.92 Å². The van der Waals surface area contributed by atoms with Crippen molar-refractivity contribution in [2.75, 3.05) is 19.7 Å². The third kappa shape index (κ3) is 6.15. The zero-order valence-electron chi connectivity index (χ0n) is 19.8. The van der Waals surface area contributed by atoms with Gasteiger partial charge in [-0.15, -0.1) is 0 Å². The van der Waals surface area contributed by atoms with Gasteiger partial charge in [0.05, 0.1) is 25.4 Å². The molecule has 4 rings (SSSR count). The van der Waals surface area contributed by atoms with Crippen LogP contribution in [0.2, 0.25) is 0 Å². The van der Waals surface area contributed by atoms with Crippen molar-refractivity contribution >= 4 is 17.8 Å². The molecule has 2 amide bonds. The molecule has 2 atom stereocenters. The van der Waals surface area contributed by atoms with E-state index in [9.17, 15) is 14.4 Å². The highest BCUT2D eigenvalue weighted by Gasteiger charge is 2.32. The molecule has 182 valence electrons. The minimum Gasteiger partial charge on any atom is -0.464 e. The van der Waals surface area contributed by atoms with E-state index in [0.29, 0.717) is 31.5 Å². The predicted octanol–water partition coefficient (Wildman–Crippen LogP) is 3.15. The van der Waals surface area contributed by atoms with Crippen molar-refractivity contribution in [3.05, 3.63) is 78.9 Å². The fourth-order valence-corrected chi connectivity index (χ4v) is 4.34. The molecule has 1 aliphatic heterocycles. The lowest BCUT2D eigenvalue weighted by Gasteiger charge is -2.33. The lowest BCUT2D eigenvalue weighted by atomic mass is 9.95. The van der Waals surface area contributed by atoms with Crippen molar-refractivity contribution in [2.45, 2.75) is 32.4 Å². The predicted molar refractivity (Wildman–Crippen MR) is 131 cm³/mol. The molecule has 1 saturated heterocycles. The van der Waals surface area contributed by atoms with E-state index < -0.39 is 17.9 Å². The summed E-state index contributed by atoms with van der Waals surface area (Å²) in [4.78, 5) is 44.6. The van der Waals surface area contributed by atoms with Crippen molar-refractivity contribution in [3.63, 3.8) is 0 Å². The topological polar surface area (TPSA) is 93.5 Å². The number of nitrogens with zero attached hydrogens (tertiary/aromatic N) is 3. The highest BCUT2D eigenvalue weighted by Crippen LogP contribution is 2.23. The molecule has 2 heterocycles. The molecule has 1 unspecified atom stereocenters. The first-order valence-corrected chi connectivity index (χ1v) is 11.9. The number of carbonyl (C=O) groups excluding carboxylic acids is 3. The summed E-state index contributed by atoms with van der Waals surface area (Å²) in [5.41, 5.74) is 2.61. The van der Waals surface area contributed by atoms with E-state index >= 15 is 0 Å². The van der Waals surface area contributed by atoms with Gasteiger partial charge in [0.2, 0.25) is 5.91 Å². The number of rotatable bonds is 8. The van der Waals surface area contributed by atoms with Crippen LogP contribution in [-0.4, -0.2) is 58.0 Å². The molecular formula is C27H30N4O4. The Morgan fingerprint density at radius 3 is 2.66 bits per heavy atom. The molecule has 1 fully saturated rings. The summed E-state index contributed by atoms with van der Waals surface area (Å²) in [6.07, 6.45) is 6.29. The van der Waals surface area contributed by atoms with Gasteiger partial charge in [-0.25, -0.2) is 9.78 Å². The van der Waals surface area contributed by atoms with Gasteiger partial charge in [-0.2, -0.15) is 0 Å². The molecule has 2 aromatic carbocycles. The molecule has 8 nitrogen and oxygen atoms in total. The quantitative estimate of drug-likeness (QED) is 0.506. The number of likely N-dealkylation sites (tertiary alicyclic amines) is 1. The minimum atomic E-state index is -0.828. The van der Waals surface area contributed by atoms with E-state index in [4.69, 9.17) is 4.74 Å². The molecule has 0 spiro atoms. The fourth-order valence-electron chi connectivity index (χ4n) is 4.34. The van der Waals surface area contributed by atoms with E-state index in [1.54, 1.807) is 41.2 Å². The van der Waals surface area contributed by atoms with E-state index in [2.05, 4.69) is 10.3 Å². The number of nitrogens with one attached hydrogen (secondary N) is 1. The molecule has 3 aromatic rings. The zero-order chi connectivity index (χ0) is 24.6. The van der Waals surface area contributed by atoms with E-state index in [0.717, 1.165) is 11.1 Å². The average molecular weight is 475 g/mol. The first-order valence-electron chi connectivity index (χ1n) is 11.9. The summed E-state index contributed by atoms with van der Waals surface area (Å²) in [5, 5.41) is 2.84. The third-order valence-electron chi connectivity index (χ3n) is 6.14. The molecular weight excluding hydrogens is 444 g/mol. The number of piperidine rings is 1. The molecule has 0 bridgehead atoms. The Bertz CT molecular complexity index is 1150. The Balaban J connectivity index is 1.43. The van der Waals surface area contributed by atoms with Crippen LogP contribution in [0.5, 0.6) is 0 Å². The maximum atomic E-state index is 13.3. The standard InChI is InChI=1S/C27H30N4O4/c1-2-35-27(34)24(18-30-15-13-28-19-30)29-25(32)23-12-7-14-31(17-23)26(33)22-11-6-10-21(16-22)20-8-4-3-5-9-20/h3-6,8-11,13,15-16,19,23-24H,2,7,12,14,17-18H2,1H3,(H,29,32)/t23?,24-/m1/s1. The van der Waals surface area contributed by atoms with Gasteiger partial charge in [-0.1, -0.05) is 42.5 Å². The zero-order valence-corrected chi connectivity index (χ0v) is 19.8. The molecule has 0 aliphatic carbocycles. The average Bonchev–Trinajstić information content (AvgIpc) is 3.42. The highest BCUT2D eigenvalue weighted by molar-refractivity contribution is 5.96. The van der Waals surface area contributed by atoms with E-state index in [1.807, 2.05) is 48.5 Å². The van der Waals surface area contributed by atoms with Crippen molar-refractivity contribution < 1.29 is 19.1 Å². The number of benzene rings is 2. The largest absolute Gasteiger partial charge is 0.464 e. The molecule has 0 saturated carbocycles. The van der Waals surface area contributed by atoms with Gasteiger partial charge in [0.15, 0.2) is 0 Å². The third-order valence-corrected chi connectivity index (χ3v) is 6.14. The van der Waals surface area contributed by atoms with Crippen LogP contribution in [0.3, 0.4) is 0 Å². The maximum Gasteiger partial charge on any atom is 0.330 e. The van der Waals surface area contributed by atoms with Crippen molar-refractivity contribution in [3.8, 4) is 11.1 Å². The van der Waals surface area contributed by atoms with Gasteiger partial charge in [0.1, 0.15) is 6.04 Å². The summed E-state index contributed by atoms with van der Waals surface area (Å²) < 4.78 is 6.87. The molecule has 1 N–H and O–H groups in total. The van der Waals surface area contributed by atoms with Crippen molar-refractivity contribution in [1.29, 1.82) is 0 Å². The first kappa shape index (κ1) is 24.2. The van der Waals surface area contributed by atoms with Gasteiger partial charge in [0, 0.05) is 31.0 Å². The van der Waals surface area contributed by atoms with Gasteiger partial charge >= 0.3 is 5.97 Å². The summed E-state index contributed by atoms with van der Waals surface area (Å²) >= 11 is 0. The Kier molecular flexibility index (Phi) is 7.92. The number of hydrogen-bond donors (Lipinski definition) is 1. The Morgan fingerprint density at radius 2 is 1.91 bits per heavy atom. The van der Waals surface area contributed by atoms with Crippen molar-refractivity contribution in [2.24, 2.45) is 5.92 Å². The van der Waals surface area contributed by atoms with Gasteiger partial charge in [-0.05, 0) is 43.0 Å². The summed E-state index contributed by atoms with van der Waals surface area (Å²) in [7, 11) is 0. The van der Waals surface area contributed by atoms with Crippen LogP contribution in [0.15, 0.2) is 73.3 Å². The Labute approximate surface area is 204 Å². The highest BCUT2D eigenvalue weighted by atomic mass is 16.5. The second kappa shape index (κ2) is 11.5. The summed E-state index contributed by atoms with van der Waals surface area (Å²) in [6.45, 7) is 3.08. The van der Waals surface area contributed by atoms with Crippen molar-refractivity contribution in [1.82, 2.24) is 19.8 Å². The lowest BCUT2D eigenvalue weighted by Crippen LogP contribution is -2.50. The smallest absolute Gasteiger partial charge is 0.330 e. The second-order valence-corrected chi connectivity index (χ2v) is 8.61. The van der Waals surface area contributed by atoms with Crippen LogP contribution in [0.4, 0.5) is 0 Å². The van der Waals surface area contributed by atoms with Crippen LogP contribution in [0.1, 0.15) is 30.1 Å². The Hall–Kier alpha value is -3.94. The van der Waals surface area contributed by atoms with E-state index in [-0.39, 0.29) is 25.0 Å². The maximum absolute atomic E-state index is 13.3. The second-order valence-electron chi connectivity index (χ2n) is 8.61. The minimum absolute atomic E-state index is 0.0966. The molecule has 0 radical (unpaired) electrons. The Morgan fingerprint density at radius 1 is 1.11 bits per heavy atom. The first-order chi connectivity index (χ1) is 17.0. The number of esters is 1. The number of carbonyl (C=O) groups is 3. The number of amides is 2. The monoisotopic (exact) mass is 474 g/mol. The number of aromatic nitrogens is 2. The van der Waals surface area contributed by atoms with Gasteiger partial charge in [-0.3, -0.25) is 9.59 Å². The lowest BCUT2D eigenvalue weighted by molar-refractivity contribution is -0.148. The van der Waals surface area contributed by atoms with Crippen LogP contribution >= 0.6 is 0 Å². The number of imidazole rings is 1. The van der Waals surface area contributed by atoms with Crippen LogP contribution in [0.25, 0.3) is 11.1 Å². The number of ether oxygens (including phenoxy) is 1. The van der Waals surface area contributed by atoms with Gasteiger partial charge < -0.3 is 19.5 Å². The SMILES string of the molecule is CCOC(=O)[C@@H](Cn1ccnc1)NC(=O)C1CCCN(C(=O)c2cccc(-c3ccccc3)c2)C1. The molecule has 1 aliphatic rings. The molecule has 35 heavy (non-hydrogen) atoms. The number of hydrogen-bond acceptors (Lipinski definition) is 5. The summed E-state index contributed by atoms with van der Waals surface area (Å²) in [6, 6.07) is 16.6. The normalized spacial score (nSPS) is 16.4. The van der Waals surface area contributed by atoms with Crippen LogP contribution < -0.4 is 5.32 Å². The van der Waals surface area contributed by atoms with Gasteiger partial charge in [0.25, 0.3) is 5.91 Å². The fraction of sp³-hybridized carbons (Fsp3) is 0.333. The van der Waals surface area contributed by atoms with Crippen LogP contribution in [-0.2, 0) is 20.9 Å². The molecule has 1 aromatic heterocycles.